The lowest BCUT2D eigenvalue weighted by atomic mass is 10.2. The molecule has 0 spiro atoms. The van der Waals surface area contributed by atoms with Gasteiger partial charge >= 0.3 is 0 Å². The van der Waals surface area contributed by atoms with Crippen LogP contribution < -0.4 is 0 Å². The van der Waals surface area contributed by atoms with Crippen molar-refractivity contribution in [2.75, 3.05) is 12.3 Å². The van der Waals surface area contributed by atoms with Gasteiger partial charge in [-0.2, -0.15) is 0 Å². The highest BCUT2D eigenvalue weighted by Gasteiger charge is 2.30. The number of amides is 1. The zero-order valence-electron chi connectivity index (χ0n) is 9.45. The van der Waals surface area contributed by atoms with Crippen LogP contribution in [0.25, 0.3) is 0 Å². The molecule has 0 N–H and O–H groups in total. The highest BCUT2D eigenvalue weighted by Crippen LogP contribution is 2.41. The van der Waals surface area contributed by atoms with Gasteiger partial charge in [0.2, 0.25) is 5.91 Å². The van der Waals surface area contributed by atoms with Crippen LogP contribution in [0.3, 0.4) is 0 Å². The van der Waals surface area contributed by atoms with E-state index in [9.17, 15) is 4.79 Å². The fourth-order valence-electron chi connectivity index (χ4n) is 1.89. The van der Waals surface area contributed by atoms with E-state index in [2.05, 4.69) is 0 Å². The van der Waals surface area contributed by atoms with Gasteiger partial charge in [0.1, 0.15) is 5.37 Å². The van der Waals surface area contributed by atoms with Gasteiger partial charge in [-0.3, -0.25) is 4.79 Å². The number of carbonyl (C=O) groups is 1. The third kappa shape index (κ3) is 2.72. The second kappa shape index (κ2) is 5.51. The molecule has 1 aliphatic heterocycles. The van der Waals surface area contributed by atoms with Gasteiger partial charge in [0.05, 0.1) is 0 Å². The van der Waals surface area contributed by atoms with Crippen molar-refractivity contribution in [1.29, 1.82) is 0 Å². The summed E-state index contributed by atoms with van der Waals surface area (Å²) in [4.78, 5) is 13.7. The lowest BCUT2D eigenvalue weighted by Gasteiger charge is -2.24. The van der Waals surface area contributed by atoms with Gasteiger partial charge in [-0.05, 0) is 12.1 Å². The van der Waals surface area contributed by atoms with Crippen molar-refractivity contribution in [3.05, 3.63) is 33.8 Å². The lowest BCUT2D eigenvalue weighted by molar-refractivity contribution is -0.130. The summed E-state index contributed by atoms with van der Waals surface area (Å²) in [6.45, 7) is 2.67. The van der Waals surface area contributed by atoms with Gasteiger partial charge in [0.15, 0.2) is 0 Å². The SMILES string of the molecule is CCC(=O)N1CCS[C@@H]1c1ccc(Cl)cc1Cl. The van der Waals surface area contributed by atoms with E-state index in [1.807, 2.05) is 24.0 Å². The summed E-state index contributed by atoms with van der Waals surface area (Å²) < 4.78 is 0. The van der Waals surface area contributed by atoms with Gasteiger partial charge in [-0.1, -0.05) is 36.2 Å². The first-order valence-electron chi connectivity index (χ1n) is 5.49. The largest absolute Gasteiger partial charge is 0.326 e. The third-order valence-electron chi connectivity index (χ3n) is 2.74. The van der Waals surface area contributed by atoms with Gasteiger partial charge in [-0.25, -0.2) is 0 Å². The van der Waals surface area contributed by atoms with Crippen LogP contribution in [0.4, 0.5) is 0 Å². The molecule has 5 heteroatoms. The van der Waals surface area contributed by atoms with Crippen molar-refractivity contribution in [2.24, 2.45) is 0 Å². The number of hydrogen-bond acceptors (Lipinski definition) is 2. The Morgan fingerprint density at radius 2 is 2.29 bits per heavy atom. The number of benzene rings is 1. The molecule has 1 saturated heterocycles. The Morgan fingerprint density at radius 3 is 2.94 bits per heavy atom. The first kappa shape index (κ1) is 13.1. The van der Waals surface area contributed by atoms with E-state index in [1.54, 1.807) is 17.8 Å². The van der Waals surface area contributed by atoms with Crippen LogP contribution in [0.15, 0.2) is 18.2 Å². The van der Waals surface area contributed by atoms with Crippen LogP contribution in [-0.4, -0.2) is 23.1 Å². The summed E-state index contributed by atoms with van der Waals surface area (Å²) >= 11 is 13.8. The molecule has 1 atom stereocenters. The van der Waals surface area contributed by atoms with Crippen LogP contribution in [0, 0.1) is 0 Å². The minimum Gasteiger partial charge on any atom is -0.326 e. The van der Waals surface area contributed by atoms with Gasteiger partial charge < -0.3 is 4.90 Å². The normalized spacial score (nSPS) is 19.7. The third-order valence-corrected chi connectivity index (χ3v) is 4.55. The summed E-state index contributed by atoms with van der Waals surface area (Å²) in [7, 11) is 0. The maximum Gasteiger partial charge on any atom is 0.223 e. The summed E-state index contributed by atoms with van der Waals surface area (Å²) in [6.07, 6.45) is 0.530. The second-order valence-electron chi connectivity index (χ2n) is 3.83. The van der Waals surface area contributed by atoms with Crippen LogP contribution in [0.1, 0.15) is 24.3 Å². The Bertz CT molecular complexity index is 439. The molecule has 1 aliphatic rings. The van der Waals surface area contributed by atoms with Gasteiger partial charge in [0, 0.05) is 34.3 Å². The van der Waals surface area contributed by atoms with Crippen LogP contribution >= 0.6 is 35.0 Å². The Labute approximate surface area is 115 Å². The molecule has 1 aromatic carbocycles. The molecule has 1 aromatic rings. The maximum absolute atomic E-state index is 11.8. The minimum atomic E-state index is 0.0345. The van der Waals surface area contributed by atoms with Crippen molar-refractivity contribution in [1.82, 2.24) is 4.90 Å². The van der Waals surface area contributed by atoms with Crippen molar-refractivity contribution in [3.8, 4) is 0 Å². The molecule has 0 aromatic heterocycles. The molecule has 2 rings (SSSR count). The predicted octanol–water partition coefficient (Wildman–Crippen LogP) is 3.98. The van der Waals surface area contributed by atoms with Gasteiger partial charge in [0.25, 0.3) is 0 Å². The average Bonchev–Trinajstić information content (AvgIpc) is 2.77. The fourth-order valence-corrected chi connectivity index (χ4v) is 3.78. The Kier molecular flexibility index (Phi) is 4.23. The van der Waals surface area contributed by atoms with Gasteiger partial charge in [-0.15, -0.1) is 11.8 Å². The molecule has 0 bridgehead atoms. The van der Waals surface area contributed by atoms with E-state index >= 15 is 0 Å². The molecule has 1 heterocycles. The molecule has 0 aliphatic carbocycles. The van der Waals surface area contributed by atoms with Crippen molar-refractivity contribution < 1.29 is 4.79 Å². The molecule has 0 unspecified atom stereocenters. The number of thioether (sulfide) groups is 1. The quantitative estimate of drug-likeness (QED) is 0.821. The highest BCUT2D eigenvalue weighted by atomic mass is 35.5. The fraction of sp³-hybridized carbons (Fsp3) is 0.417. The highest BCUT2D eigenvalue weighted by molar-refractivity contribution is 7.99. The van der Waals surface area contributed by atoms with E-state index in [4.69, 9.17) is 23.2 Å². The summed E-state index contributed by atoms with van der Waals surface area (Å²) in [5, 5.41) is 1.29. The second-order valence-corrected chi connectivity index (χ2v) is 5.86. The molecule has 0 saturated carbocycles. The molecular formula is C12H13Cl2NOS. The molecule has 0 radical (unpaired) electrons. The number of rotatable bonds is 2. The topological polar surface area (TPSA) is 20.3 Å². The Balaban J connectivity index is 2.29. The standard InChI is InChI=1S/C12H13Cl2NOS/c1-2-11(16)15-5-6-17-12(15)9-4-3-8(13)7-10(9)14/h3-4,7,12H,2,5-6H2,1H3/t12-/m1/s1. The molecule has 92 valence electrons. The summed E-state index contributed by atoms with van der Waals surface area (Å²) in [5.41, 5.74) is 0.973. The Hall–Kier alpha value is -0.380. The average molecular weight is 290 g/mol. The number of hydrogen-bond donors (Lipinski definition) is 0. The maximum atomic E-state index is 11.8. The van der Waals surface area contributed by atoms with Crippen molar-refractivity contribution in [3.63, 3.8) is 0 Å². The predicted molar refractivity (Wildman–Crippen MR) is 73.7 cm³/mol. The molecule has 1 amide bonds. The smallest absolute Gasteiger partial charge is 0.223 e. The zero-order valence-corrected chi connectivity index (χ0v) is 11.8. The van der Waals surface area contributed by atoms with Crippen LogP contribution in [-0.2, 0) is 4.79 Å². The monoisotopic (exact) mass is 289 g/mol. The molecule has 17 heavy (non-hydrogen) atoms. The summed E-state index contributed by atoms with van der Waals surface area (Å²) in [6, 6.07) is 5.45. The summed E-state index contributed by atoms with van der Waals surface area (Å²) in [5.74, 6) is 1.13. The molecular weight excluding hydrogens is 277 g/mol. The number of nitrogens with zero attached hydrogens (tertiary/aromatic N) is 1. The van der Waals surface area contributed by atoms with E-state index in [0.29, 0.717) is 16.5 Å². The van der Waals surface area contributed by atoms with Crippen LogP contribution in [0.2, 0.25) is 10.0 Å². The van der Waals surface area contributed by atoms with E-state index in [0.717, 1.165) is 17.9 Å². The molecule has 1 fully saturated rings. The first-order chi connectivity index (χ1) is 8.13. The Morgan fingerprint density at radius 1 is 1.53 bits per heavy atom. The van der Waals surface area contributed by atoms with Crippen molar-refractivity contribution in [2.45, 2.75) is 18.7 Å². The van der Waals surface area contributed by atoms with E-state index < -0.39 is 0 Å². The number of halogens is 2. The molecule has 2 nitrogen and oxygen atoms in total. The van der Waals surface area contributed by atoms with E-state index in [1.165, 1.54) is 0 Å². The first-order valence-corrected chi connectivity index (χ1v) is 7.30. The number of carbonyl (C=O) groups excluding carboxylic acids is 1. The lowest BCUT2D eigenvalue weighted by Crippen LogP contribution is -2.29. The van der Waals surface area contributed by atoms with Crippen molar-refractivity contribution >= 4 is 40.9 Å². The zero-order chi connectivity index (χ0) is 12.4. The van der Waals surface area contributed by atoms with Crippen LogP contribution in [0.5, 0.6) is 0 Å². The minimum absolute atomic E-state index is 0.0345. The van der Waals surface area contributed by atoms with E-state index in [-0.39, 0.29) is 11.3 Å².